The molecule has 106 valence electrons. The molecule has 0 aliphatic carbocycles. The van der Waals surface area contributed by atoms with Gasteiger partial charge in [0.25, 0.3) is 0 Å². The number of alkyl halides is 2. The lowest BCUT2D eigenvalue weighted by atomic mass is 10.4. The Morgan fingerprint density at radius 2 is 1.89 bits per heavy atom. The van der Waals surface area contributed by atoms with Gasteiger partial charge in [-0.2, -0.15) is 4.68 Å². The van der Waals surface area contributed by atoms with Gasteiger partial charge in [-0.15, -0.1) is 28.3 Å². The van der Waals surface area contributed by atoms with Crippen LogP contribution in [0.25, 0.3) is 0 Å². The van der Waals surface area contributed by atoms with Crippen molar-refractivity contribution in [2.24, 2.45) is 0 Å². The van der Waals surface area contributed by atoms with Crippen LogP contribution in [0.5, 0.6) is 0 Å². The monoisotopic (exact) mass is 307 g/mol. The van der Waals surface area contributed by atoms with Gasteiger partial charge in [-0.25, -0.2) is 9.59 Å². The van der Waals surface area contributed by atoms with Crippen molar-refractivity contribution in [3.63, 3.8) is 0 Å². The third-order valence-electron chi connectivity index (χ3n) is 2.07. The Hall–Kier alpha value is -1.47. The summed E-state index contributed by atoms with van der Waals surface area (Å²) in [5.41, 5.74) is 0.597. The lowest BCUT2D eigenvalue weighted by Crippen LogP contribution is -2.32. The van der Waals surface area contributed by atoms with Crippen molar-refractivity contribution in [3.8, 4) is 0 Å². The molecule has 0 fully saturated rings. The van der Waals surface area contributed by atoms with E-state index in [2.05, 4.69) is 21.0 Å². The number of halogens is 2. The van der Waals surface area contributed by atoms with Crippen LogP contribution in [-0.4, -0.2) is 46.7 Å². The minimum absolute atomic E-state index is 0.283. The summed E-state index contributed by atoms with van der Waals surface area (Å²) in [4.78, 5) is 23.1. The third-order valence-corrected chi connectivity index (χ3v) is 2.45. The number of aryl methyl sites for hydroxylation is 1. The fourth-order valence-electron chi connectivity index (χ4n) is 1.29. The molecule has 0 atom stereocenters. The summed E-state index contributed by atoms with van der Waals surface area (Å²) in [7, 11) is 0. The molecule has 0 saturated carbocycles. The van der Waals surface area contributed by atoms with E-state index in [-0.39, 0.29) is 5.82 Å². The molecule has 7 nitrogen and oxygen atoms in total. The van der Waals surface area contributed by atoms with E-state index in [1.54, 1.807) is 13.0 Å². The molecule has 0 aromatic carbocycles. The molecule has 0 aliphatic rings. The molecule has 1 heterocycles. The fourth-order valence-corrected chi connectivity index (χ4v) is 1.48. The zero-order valence-electron chi connectivity index (χ0n) is 10.4. The molecule has 0 radical (unpaired) electrons. The van der Waals surface area contributed by atoms with Gasteiger partial charge in [0.2, 0.25) is 0 Å². The summed E-state index contributed by atoms with van der Waals surface area (Å²) in [5.74, 6) is 0.922. The quantitative estimate of drug-likeness (QED) is 0.717. The first-order valence-corrected chi connectivity index (χ1v) is 6.67. The highest BCUT2D eigenvalue weighted by atomic mass is 35.5. The van der Waals surface area contributed by atoms with E-state index in [4.69, 9.17) is 23.2 Å². The third kappa shape index (κ3) is 4.96. The van der Waals surface area contributed by atoms with E-state index in [0.717, 1.165) is 4.68 Å². The first kappa shape index (κ1) is 15.6. The van der Waals surface area contributed by atoms with Gasteiger partial charge in [0.05, 0.1) is 0 Å². The Morgan fingerprint density at radius 1 is 1.26 bits per heavy atom. The van der Waals surface area contributed by atoms with Crippen LogP contribution in [0.3, 0.4) is 0 Å². The van der Waals surface area contributed by atoms with Crippen LogP contribution in [0.1, 0.15) is 5.69 Å². The van der Waals surface area contributed by atoms with Crippen LogP contribution in [0, 0.1) is 6.92 Å². The summed E-state index contributed by atoms with van der Waals surface area (Å²) in [6, 6.07) is 0.763. The number of anilines is 1. The number of hydrogen-bond donors (Lipinski definition) is 3. The van der Waals surface area contributed by atoms with Gasteiger partial charge in [0.1, 0.15) is 0 Å². The van der Waals surface area contributed by atoms with Crippen molar-refractivity contribution in [1.82, 2.24) is 20.4 Å². The van der Waals surface area contributed by atoms with Gasteiger partial charge < -0.3 is 10.6 Å². The summed E-state index contributed by atoms with van der Waals surface area (Å²) in [6.07, 6.45) is 0. The zero-order chi connectivity index (χ0) is 14.3. The molecule has 0 spiro atoms. The number of carbonyl (C=O) groups excluding carboxylic acids is 2. The van der Waals surface area contributed by atoms with E-state index in [1.807, 2.05) is 0 Å². The SMILES string of the molecule is Cc1cc(NC(=O)NCCCl)nn1C(=O)NCCCl. The van der Waals surface area contributed by atoms with Gasteiger partial charge >= 0.3 is 12.1 Å². The number of amides is 3. The number of hydrogen-bond acceptors (Lipinski definition) is 3. The number of carbonyl (C=O) groups is 2. The first-order chi connectivity index (χ1) is 9.08. The van der Waals surface area contributed by atoms with Crippen molar-refractivity contribution >= 4 is 41.1 Å². The van der Waals surface area contributed by atoms with E-state index < -0.39 is 12.1 Å². The van der Waals surface area contributed by atoms with E-state index in [0.29, 0.717) is 30.5 Å². The largest absolute Gasteiger partial charge is 0.342 e. The summed E-state index contributed by atoms with van der Waals surface area (Å²) in [6.45, 7) is 2.40. The maximum absolute atomic E-state index is 11.7. The van der Waals surface area contributed by atoms with Gasteiger partial charge in [-0.3, -0.25) is 5.32 Å². The van der Waals surface area contributed by atoms with Crippen LogP contribution in [0.4, 0.5) is 15.4 Å². The maximum Gasteiger partial charge on any atom is 0.342 e. The number of urea groups is 1. The van der Waals surface area contributed by atoms with Gasteiger partial charge in [-0.1, -0.05) is 0 Å². The molecule has 0 unspecified atom stereocenters. The molecule has 3 N–H and O–H groups in total. The fraction of sp³-hybridized carbons (Fsp3) is 0.500. The minimum Gasteiger partial charge on any atom is -0.337 e. The van der Waals surface area contributed by atoms with Crippen LogP contribution in [0.15, 0.2) is 6.07 Å². The minimum atomic E-state index is -0.425. The normalized spacial score (nSPS) is 10.1. The molecular weight excluding hydrogens is 293 g/mol. The highest BCUT2D eigenvalue weighted by molar-refractivity contribution is 6.18. The van der Waals surface area contributed by atoms with Crippen molar-refractivity contribution in [2.75, 3.05) is 30.2 Å². The Labute approximate surface area is 120 Å². The predicted octanol–water partition coefficient (Wildman–Crippen LogP) is 1.35. The molecule has 0 saturated heterocycles. The average molecular weight is 308 g/mol. The Kier molecular flexibility index (Phi) is 6.44. The van der Waals surface area contributed by atoms with Crippen LogP contribution < -0.4 is 16.0 Å². The lowest BCUT2D eigenvalue weighted by molar-refractivity contribution is 0.239. The van der Waals surface area contributed by atoms with Crippen molar-refractivity contribution in [1.29, 1.82) is 0 Å². The summed E-state index contributed by atoms with van der Waals surface area (Å²) >= 11 is 10.9. The van der Waals surface area contributed by atoms with Crippen LogP contribution >= 0.6 is 23.2 Å². The molecule has 0 aliphatic heterocycles. The second kappa shape index (κ2) is 7.85. The van der Waals surface area contributed by atoms with E-state index >= 15 is 0 Å². The molecular formula is C10H15Cl2N5O2. The Balaban J connectivity index is 2.63. The van der Waals surface area contributed by atoms with E-state index in [1.165, 1.54) is 0 Å². The summed E-state index contributed by atoms with van der Waals surface area (Å²) < 4.78 is 1.16. The van der Waals surface area contributed by atoms with Crippen LogP contribution in [-0.2, 0) is 0 Å². The van der Waals surface area contributed by atoms with Gasteiger partial charge in [-0.05, 0) is 6.92 Å². The highest BCUT2D eigenvalue weighted by Crippen LogP contribution is 2.07. The van der Waals surface area contributed by atoms with Crippen molar-refractivity contribution < 1.29 is 9.59 Å². The molecule has 0 bridgehead atoms. The van der Waals surface area contributed by atoms with Crippen LogP contribution in [0.2, 0.25) is 0 Å². The second-order valence-electron chi connectivity index (χ2n) is 3.57. The number of aromatic nitrogens is 2. The predicted molar refractivity (Wildman–Crippen MR) is 74.2 cm³/mol. The smallest absolute Gasteiger partial charge is 0.337 e. The molecule has 1 aromatic rings. The topological polar surface area (TPSA) is 88.1 Å². The highest BCUT2D eigenvalue weighted by Gasteiger charge is 2.12. The van der Waals surface area contributed by atoms with Gasteiger partial charge in [0, 0.05) is 36.6 Å². The molecule has 19 heavy (non-hydrogen) atoms. The zero-order valence-corrected chi connectivity index (χ0v) is 11.9. The van der Waals surface area contributed by atoms with Crippen molar-refractivity contribution in [3.05, 3.63) is 11.8 Å². The summed E-state index contributed by atoms with van der Waals surface area (Å²) in [5, 5.41) is 11.6. The molecule has 1 rings (SSSR count). The number of rotatable bonds is 5. The van der Waals surface area contributed by atoms with E-state index in [9.17, 15) is 9.59 Å². The lowest BCUT2D eigenvalue weighted by Gasteiger charge is -2.04. The molecule has 9 heteroatoms. The van der Waals surface area contributed by atoms with Gasteiger partial charge in [0.15, 0.2) is 5.82 Å². The number of nitrogens with zero attached hydrogens (tertiary/aromatic N) is 2. The Morgan fingerprint density at radius 3 is 2.53 bits per heavy atom. The maximum atomic E-state index is 11.7. The standard InChI is InChI=1S/C10H15Cl2N5O2/c1-7-6-8(15-9(18)13-4-2-11)16-17(7)10(19)14-5-3-12/h6H,2-5H2,1H3,(H,14,19)(H2,13,15,16,18). The van der Waals surface area contributed by atoms with Crippen molar-refractivity contribution in [2.45, 2.75) is 6.92 Å². The number of nitrogens with one attached hydrogen (secondary N) is 3. The Bertz CT molecular complexity index is 449. The molecule has 1 aromatic heterocycles. The first-order valence-electron chi connectivity index (χ1n) is 5.60. The average Bonchev–Trinajstić information content (AvgIpc) is 2.74. The molecule has 3 amide bonds. The second-order valence-corrected chi connectivity index (χ2v) is 4.33.